The Morgan fingerprint density at radius 1 is 1.44 bits per heavy atom. The number of thiazole rings is 1. The topological polar surface area (TPSA) is 56.7 Å². The van der Waals surface area contributed by atoms with Crippen molar-refractivity contribution in [3.05, 3.63) is 34.0 Å². The maximum absolute atomic E-state index is 6.07. The van der Waals surface area contributed by atoms with Crippen molar-refractivity contribution in [2.75, 3.05) is 0 Å². The Balaban J connectivity index is 1.91. The van der Waals surface area contributed by atoms with Gasteiger partial charge in [0.15, 0.2) is 0 Å². The van der Waals surface area contributed by atoms with Gasteiger partial charge in [0.25, 0.3) is 0 Å². The van der Waals surface area contributed by atoms with E-state index in [-0.39, 0.29) is 6.04 Å². The summed E-state index contributed by atoms with van der Waals surface area (Å²) in [4.78, 5) is 4.41. The van der Waals surface area contributed by atoms with E-state index in [9.17, 15) is 0 Å². The summed E-state index contributed by atoms with van der Waals surface area (Å²) >= 11 is 1.67. The molecule has 0 aliphatic rings. The molecule has 2 aromatic heterocycles. The van der Waals surface area contributed by atoms with Crippen molar-refractivity contribution in [1.82, 2.24) is 14.8 Å². The zero-order valence-corrected chi connectivity index (χ0v) is 10.4. The molecule has 16 heavy (non-hydrogen) atoms. The fraction of sp³-hybridized carbons (Fsp3) is 0.455. The van der Waals surface area contributed by atoms with E-state index < -0.39 is 0 Å². The van der Waals surface area contributed by atoms with Gasteiger partial charge in [0.1, 0.15) is 0 Å². The fourth-order valence-electron chi connectivity index (χ4n) is 1.68. The van der Waals surface area contributed by atoms with Crippen LogP contribution in [0.5, 0.6) is 0 Å². The van der Waals surface area contributed by atoms with Gasteiger partial charge in [-0.05, 0) is 13.0 Å². The Morgan fingerprint density at radius 2 is 2.19 bits per heavy atom. The van der Waals surface area contributed by atoms with Crippen molar-refractivity contribution in [2.45, 2.75) is 25.8 Å². The van der Waals surface area contributed by atoms with E-state index in [1.165, 1.54) is 0 Å². The Morgan fingerprint density at radius 3 is 2.75 bits per heavy atom. The lowest BCUT2D eigenvalue weighted by Gasteiger charge is -2.07. The SMILES string of the molecule is Cc1nc(CC(N)Cc2ccn(C)n2)cs1. The Hall–Kier alpha value is -1.20. The molecular weight excluding hydrogens is 220 g/mol. The van der Waals surface area contributed by atoms with Crippen molar-refractivity contribution < 1.29 is 0 Å². The molecule has 2 heterocycles. The minimum atomic E-state index is 0.0939. The summed E-state index contributed by atoms with van der Waals surface area (Å²) in [5.41, 5.74) is 8.20. The van der Waals surface area contributed by atoms with Crippen LogP contribution in [-0.2, 0) is 19.9 Å². The van der Waals surface area contributed by atoms with Crippen LogP contribution in [0.15, 0.2) is 17.6 Å². The molecule has 0 aliphatic heterocycles. The lowest BCUT2D eigenvalue weighted by molar-refractivity contribution is 0.632. The molecule has 4 nitrogen and oxygen atoms in total. The highest BCUT2D eigenvalue weighted by Crippen LogP contribution is 2.10. The molecule has 1 unspecified atom stereocenters. The molecule has 0 spiro atoms. The lowest BCUT2D eigenvalue weighted by atomic mass is 10.1. The van der Waals surface area contributed by atoms with Gasteiger partial charge in [-0.2, -0.15) is 5.10 Å². The summed E-state index contributed by atoms with van der Waals surface area (Å²) < 4.78 is 1.80. The molecule has 0 amide bonds. The maximum Gasteiger partial charge on any atom is 0.0897 e. The largest absolute Gasteiger partial charge is 0.327 e. The van der Waals surface area contributed by atoms with E-state index in [2.05, 4.69) is 15.5 Å². The first-order valence-electron chi connectivity index (χ1n) is 5.28. The van der Waals surface area contributed by atoms with Crippen molar-refractivity contribution in [3.8, 4) is 0 Å². The average Bonchev–Trinajstić information content (AvgIpc) is 2.76. The molecule has 2 aromatic rings. The average molecular weight is 236 g/mol. The van der Waals surface area contributed by atoms with Gasteiger partial charge in [0.2, 0.25) is 0 Å². The third-order valence-corrected chi connectivity index (χ3v) is 3.20. The normalized spacial score (nSPS) is 12.9. The number of aromatic nitrogens is 3. The van der Waals surface area contributed by atoms with Crippen LogP contribution in [-0.4, -0.2) is 20.8 Å². The van der Waals surface area contributed by atoms with E-state index in [0.717, 1.165) is 29.2 Å². The van der Waals surface area contributed by atoms with Crippen LogP contribution in [0.3, 0.4) is 0 Å². The van der Waals surface area contributed by atoms with Gasteiger partial charge in [-0.1, -0.05) is 0 Å². The highest BCUT2D eigenvalue weighted by molar-refractivity contribution is 7.09. The zero-order chi connectivity index (χ0) is 11.5. The number of nitrogens with zero attached hydrogens (tertiary/aromatic N) is 3. The van der Waals surface area contributed by atoms with Crippen molar-refractivity contribution in [3.63, 3.8) is 0 Å². The van der Waals surface area contributed by atoms with Gasteiger partial charge in [0, 0.05) is 37.5 Å². The molecule has 5 heteroatoms. The highest BCUT2D eigenvalue weighted by atomic mass is 32.1. The van der Waals surface area contributed by atoms with Gasteiger partial charge in [-0.15, -0.1) is 11.3 Å². The molecule has 0 saturated heterocycles. The summed E-state index contributed by atoms with van der Waals surface area (Å²) in [7, 11) is 1.92. The molecule has 2 rings (SSSR count). The van der Waals surface area contributed by atoms with Crippen LogP contribution in [0.4, 0.5) is 0 Å². The first-order chi connectivity index (χ1) is 7.63. The Kier molecular flexibility index (Phi) is 3.36. The van der Waals surface area contributed by atoms with E-state index in [4.69, 9.17) is 5.73 Å². The van der Waals surface area contributed by atoms with Crippen molar-refractivity contribution in [1.29, 1.82) is 0 Å². The van der Waals surface area contributed by atoms with Crippen LogP contribution in [0.1, 0.15) is 16.4 Å². The molecule has 2 N–H and O–H groups in total. The smallest absolute Gasteiger partial charge is 0.0897 e. The summed E-state index contributed by atoms with van der Waals surface area (Å²) in [6.45, 7) is 2.01. The predicted octanol–water partition coefficient (Wildman–Crippen LogP) is 1.30. The summed E-state index contributed by atoms with van der Waals surface area (Å²) in [6.07, 6.45) is 3.56. The minimum absolute atomic E-state index is 0.0939. The number of hydrogen-bond donors (Lipinski definition) is 1. The molecule has 0 aromatic carbocycles. The first kappa shape index (κ1) is 11.3. The van der Waals surface area contributed by atoms with Crippen LogP contribution in [0, 0.1) is 6.92 Å². The summed E-state index contributed by atoms with van der Waals surface area (Å²) in [5, 5.41) is 7.49. The summed E-state index contributed by atoms with van der Waals surface area (Å²) in [5.74, 6) is 0. The minimum Gasteiger partial charge on any atom is -0.327 e. The van der Waals surface area contributed by atoms with E-state index in [1.54, 1.807) is 16.0 Å². The van der Waals surface area contributed by atoms with E-state index >= 15 is 0 Å². The molecule has 0 saturated carbocycles. The third kappa shape index (κ3) is 2.90. The number of hydrogen-bond acceptors (Lipinski definition) is 4. The molecule has 1 atom stereocenters. The van der Waals surface area contributed by atoms with Crippen LogP contribution >= 0.6 is 11.3 Å². The van der Waals surface area contributed by atoms with Crippen LogP contribution in [0.25, 0.3) is 0 Å². The van der Waals surface area contributed by atoms with E-state index in [0.29, 0.717) is 0 Å². The molecular formula is C11H16N4S. The molecule has 0 fully saturated rings. The second-order valence-electron chi connectivity index (χ2n) is 4.01. The molecule has 0 radical (unpaired) electrons. The van der Waals surface area contributed by atoms with Gasteiger partial charge in [-0.25, -0.2) is 4.98 Å². The van der Waals surface area contributed by atoms with E-state index in [1.807, 2.05) is 26.2 Å². The monoisotopic (exact) mass is 236 g/mol. The number of rotatable bonds is 4. The van der Waals surface area contributed by atoms with Gasteiger partial charge >= 0.3 is 0 Å². The first-order valence-corrected chi connectivity index (χ1v) is 6.16. The van der Waals surface area contributed by atoms with Crippen molar-refractivity contribution >= 4 is 11.3 Å². The molecule has 0 aliphatic carbocycles. The standard InChI is InChI=1S/C11H16N4S/c1-8-13-11(7-16-8)6-9(12)5-10-3-4-15(2)14-10/h3-4,7,9H,5-6,12H2,1-2H3. The van der Waals surface area contributed by atoms with Gasteiger partial charge in [-0.3, -0.25) is 4.68 Å². The Labute approximate surface area is 99.1 Å². The van der Waals surface area contributed by atoms with Gasteiger partial charge < -0.3 is 5.73 Å². The lowest BCUT2D eigenvalue weighted by Crippen LogP contribution is -2.26. The van der Waals surface area contributed by atoms with Crippen LogP contribution in [0.2, 0.25) is 0 Å². The summed E-state index contributed by atoms with van der Waals surface area (Å²) in [6, 6.07) is 2.10. The molecule has 86 valence electrons. The second kappa shape index (κ2) is 4.76. The number of nitrogens with two attached hydrogens (primary N) is 1. The fourth-order valence-corrected chi connectivity index (χ4v) is 2.31. The quantitative estimate of drug-likeness (QED) is 0.870. The second-order valence-corrected chi connectivity index (χ2v) is 5.07. The molecule has 0 bridgehead atoms. The van der Waals surface area contributed by atoms with Gasteiger partial charge in [0.05, 0.1) is 16.4 Å². The predicted molar refractivity (Wildman–Crippen MR) is 65.4 cm³/mol. The third-order valence-electron chi connectivity index (χ3n) is 2.38. The van der Waals surface area contributed by atoms with Crippen LogP contribution < -0.4 is 5.73 Å². The zero-order valence-electron chi connectivity index (χ0n) is 9.55. The van der Waals surface area contributed by atoms with Crippen molar-refractivity contribution in [2.24, 2.45) is 12.8 Å². The maximum atomic E-state index is 6.07. The number of aryl methyl sites for hydroxylation is 2. The highest BCUT2D eigenvalue weighted by Gasteiger charge is 2.09. The Bertz CT molecular complexity index is 418.